The van der Waals surface area contributed by atoms with E-state index in [9.17, 15) is 4.79 Å². The first-order chi connectivity index (χ1) is 12.3. The van der Waals surface area contributed by atoms with E-state index >= 15 is 0 Å². The van der Waals surface area contributed by atoms with Gasteiger partial charge in [0.2, 0.25) is 5.91 Å². The van der Waals surface area contributed by atoms with Crippen LogP contribution in [-0.2, 0) is 17.8 Å². The fourth-order valence-corrected chi connectivity index (χ4v) is 2.60. The zero-order valence-electron chi connectivity index (χ0n) is 13.9. The Morgan fingerprint density at radius 2 is 1.92 bits per heavy atom. The predicted octanol–water partition coefficient (Wildman–Crippen LogP) is 1.78. The van der Waals surface area contributed by atoms with Gasteiger partial charge < -0.3 is 10.1 Å². The molecule has 7 nitrogen and oxygen atoms in total. The average Bonchev–Trinajstić information content (AvgIpc) is 3.19. The van der Waals surface area contributed by atoms with Crippen LogP contribution in [-0.4, -0.2) is 33.2 Å². The van der Waals surface area contributed by atoms with Gasteiger partial charge in [-0.15, -0.1) is 5.10 Å². The third kappa shape index (κ3) is 4.20. The molecular formula is C18H19N5O2. The van der Waals surface area contributed by atoms with Crippen molar-refractivity contribution >= 4 is 5.91 Å². The molecule has 0 aliphatic heterocycles. The van der Waals surface area contributed by atoms with E-state index in [-0.39, 0.29) is 5.91 Å². The maximum Gasteiger partial charge on any atom is 0.245 e. The number of carbonyl (C=O) groups is 1. The van der Waals surface area contributed by atoms with Crippen molar-refractivity contribution in [1.29, 1.82) is 0 Å². The molecule has 0 aliphatic carbocycles. The molecule has 7 heteroatoms. The summed E-state index contributed by atoms with van der Waals surface area (Å²) in [5.41, 5.74) is 1.95. The van der Waals surface area contributed by atoms with Crippen molar-refractivity contribution in [3.63, 3.8) is 0 Å². The molecule has 0 saturated heterocycles. The second kappa shape index (κ2) is 8.05. The summed E-state index contributed by atoms with van der Waals surface area (Å²) >= 11 is 0. The van der Waals surface area contributed by atoms with E-state index in [0.717, 1.165) is 16.9 Å². The Morgan fingerprint density at radius 3 is 2.64 bits per heavy atom. The van der Waals surface area contributed by atoms with Gasteiger partial charge in [0.25, 0.3) is 0 Å². The fraction of sp³-hybridized carbons (Fsp3) is 0.222. The number of nitrogens with one attached hydrogen (secondary N) is 1. The normalized spacial score (nSPS) is 11.7. The Morgan fingerprint density at radius 1 is 1.16 bits per heavy atom. The van der Waals surface area contributed by atoms with Crippen LogP contribution in [0.4, 0.5) is 0 Å². The molecule has 0 fully saturated rings. The quantitative estimate of drug-likeness (QED) is 0.711. The van der Waals surface area contributed by atoms with E-state index < -0.39 is 6.04 Å². The summed E-state index contributed by atoms with van der Waals surface area (Å²) in [6.45, 7) is 0.371. The summed E-state index contributed by atoms with van der Waals surface area (Å²) in [6, 6.07) is 16.8. The molecule has 0 radical (unpaired) electrons. The second-order valence-electron chi connectivity index (χ2n) is 5.53. The van der Waals surface area contributed by atoms with Gasteiger partial charge in [0.1, 0.15) is 18.1 Å². The van der Waals surface area contributed by atoms with Crippen LogP contribution in [0.5, 0.6) is 5.75 Å². The van der Waals surface area contributed by atoms with Gasteiger partial charge in [0.15, 0.2) is 0 Å². The van der Waals surface area contributed by atoms with Crippen molar-refractivity contribution in [2.24, 2.45) is 0 Å². The number of ether oxygens (including phenoxy) is 1. The van der Waals surface area contributed by atoms with Gasteiger partial charge in [-0.2, -0.15) is 0 Å². The molecule has 1 N–H and O–H groups in total. The van der Waals surface area contributed by atoms with Crippen molar-refractivity contribution in [2.75, 3.05) is 7.11 Å². The molecule has 3 aromatic rings. The lowest BCUT2D eigenvalue weighted by Crippen LogP contribution is -2.34. The van der Waals surface area contributed by atoms with Gasteiger partial charge in [0, 0.05) is 18.5 Å². The number of hydrogen-bond acceptors (Lipinski definition) is 5. The summed E-state index contributed by atoms with van der Waals surface area (Å²) in [7, 11) is 1.61. The van der Waals surface area contributed by atoms with Crippen molar-refractivity contribution in [3.05, 3.63) is 72.1 Å². The minimum absolute atomic E-state index is 0.151. The number of benzene rings is 2. The largest absolute Gasteiger partial charge is 0.496 e. The minimum Gasteiger partial charge on any atom is -0.496 e. The van der Waals surface area contributed by atoms with E-state index in [1.165, 1.54) is 11.0 Å². The van der Waals surface area contributed by atoms with Gasteiger partial charge in [-0.25, -0.2) is 4.68 Å². The number of nitrogens with zero attached hydrogens (tertiary/aromatic N) is 4. The number of rotatable bonds is 7. The van der Waals surface area contributed by atoms with Crippen molar-refractivity contribution in [3.8, 4) is 5.75 Å². The molecule has 0 saturated carbocycles. The molecule has 1 atom stereocenters. The molecule has 3 rings (SSSR count). The van der Waals surface area contributed by atoms with Crippen molar-refractivity contribution in [1.82, 2.24) is 25.5 Å². The smallest absolute Gasteiger partial charge is 0.245 e. The lowest BCUT2D eigenvalue weighted by atomic mass is 10.1. The molecule has 1 amide bonds. The molecule has 128 valence electrons. The molecule has 1 unspecified atom stereocenters. The Kier molecular flexibility index (Phi) is 5.36. The number of methoxy groups -OCH3 is 1. The summed E-state index contributed by atoms with van der Waals surface area (Å²) in [4.78, 5) is 12.8. The number of amides is 1. The third-order valence-corrected chi connectivity index (χ3v) is 3.90. The number of aromatic nitrogens is 4. The van der Waals surface area contributed by atoms with Crippen molar-refractivity contribution < 1.29 is 9.53 Å². The van der Waals surface area contributed by atoms with Crippen LogP contribution >= 0.6 is 0 Å². The summed E-state index contributed by atoms with van der Waals surface area (Å²) in [5, 5.41) is 14.1. The van der Waals surface area contributed by atoms with Crippen LogP contribution in [0.1, 0.15) is 17.2 Å². The standard InChI is InChI=1S/C18H19N5O2/c1-25-17-10-6-5-9-15(17)12-19-18(24)16(23-13-20-21-22-23)11-14-7-3-2-4-8-14/h2-10,13,16H,11-12H2,1H3,(H,19,24). The van der Waals surface area contributed by atoms with Crippen LogP contribution in [0.25, 0.3) is 0 Å². The molecule has 0 spiro atoms. The highest BCUT2D eigenvalue weighted by molar-refractivity contribution is 5.80. The Labute approximate surface area is 145 Å². The molecule has 25 heavy (non-hydrogen) atoms. The van der Waals surface area contributed by atoms with Crippen LogP contribution in [0, 0.1) is 0 Å². The van der Waals surface area contributed by atoms with Gasteiger partial charge in [-0.05, 0) is 22.1 Å². The van der Waals surface area contributed by atoms with E-state index in [0.29, 0.717) is 13.0 Å². The average molecular weight is 337 g/mol. The number of tetrazole rings is 1. The topological polar surface area (TPSA) is 81.9 Å². The van der Waals surface area contributed by atoms with E-state index in [1.807, 2.05) is 54.6 Å². The van der Waals surface area contributed by atoms with Crippen LogP contribution in [0.3, 0.4) is 0 Å². The summed E-state index contributed by atoms with van der Waals surface area (Å²) in [5.74, 6) is 0.590. The van der Waals surface area contributed by atoms with Crippen molar-refractivity contribution in [2.45, 2.75) is 19.0 Å². The Hall–Kier alpha value is -3.22. The molecule has 2 aromatic carbocycles. The molecule has 0 aliphatic rings. The van der Waals surface area contributed by atoms with E-state index in [4.69, 9.17) is 4.74 Å². The Bertz CT molecular complexity index is 805. The van der Waals surface area contributed by atoms with Gasteiger partial charge in [-0.1, -0.05) is 48.5 Å². The molecular weight excluding hydrogens is 318 g/mol. The minimum atomic E-state index is -0.521. The second-order valence-corrected chi connectivity index (χ2v) is 5.53. The molecule has 0 bridgehead atoms. The first kappa shape index (κ1) is 16.6. The van der Waals surface area contributed by atoms with Gasteiger partial charge in [0.05, 0.1) is 7.11 Å². The van der Waals surface area contributed by atoms with Gasteiger partial charge in [-0.3, -0.25) is 4.79 Å². The zero-order chi connectivity index (χ0) is 17.5. The monoisotopic (exact) mass is 337 g/mol. The number of hydrogen-bond donors (Lipinski definition) is 1. The highest BCUT2D eigenvalue weighted by Gasteiger charge is 2.22. The van der Waals surface area contributed by atoms with Gasteiger partial charge >= 0.3 is 0 Å². The number of para-hydroxylation sites is 1. The third-order valence-electron chi connectivity index (χ3n) is 3.90. The van der Waals surface area contributed by atoms with Crippen LogP contribution in [0.2, 0.25) is 0 Å². The highest BCUT2D eigenvalue weighted by Crippen LogP contribution is 2.18. The Balaban J connectivity index is 1.73. The van der Waals surface area contributed by atoms with Crippen LogP contribution < -0.4 is 10.1 Å². The lowest BCUT2D eigenvalue weighted by Gasteiger charge is -2.17. The maximum absolute atomic E-state index is 12.8. The summed E-state index contributed by atoms with van der Waals surface area (Å²) in [6.07, 6.45) is 1.96. The first-order valence-electron chi connectivity index (χ1n) is 7.94. The highest BCUT2D eigenvalue weighted by atomic mass is 16.5. The number of carbonyl (C=O) groups excluding carboxylic acids is 1. The maximum atomic E-state index is 12.8. The SMILES string of the molecule is COc1ccccc1CNC(=O)C(Cc1ccccc1)n1cnnn1. The van der Waals surface area contributed by atoms with E-state index in [2.05, 4.69) is 20.8 Å². The fourth-order valence-electron chi connectivity index (χ4n) is 2.60. The zero-order valence-corrected chi connectivity index (χ0v) is 13.9. The lowest BCUT2D eigenvalue weighted by molar-refractivity contribution is -0.124. The summed E-state index contributed by atoms with van der Waals surface area (Å²) < 4.78 is 6.79. The first-order valence-corrected chi connectivity index (χ1v) is 7.94. The predicted molar refractivity (Wildman–Crippen MR) is 91.8 cm³/mol. The molecule has 1 heterocycles. The van der Waals surface area contributed by atoms with Crippen LogP contribution in [0.15, 0.2) is 60.9 Å². The molecule has 1 aromatic heterocycles. The van der Waals surface area contributed by atoms with E-state index in [1.54, 1.807) is 7.11 Å².